The molecule has 5 rings (SSSR count). The molecule has 2 fully saturated rings. The molecule has 1 amide bonds. The molecule has 0 aliphatic carbocycles. The summed E-state index contributed by atoms with van der Waals surface area (Å²) in [6.07, 6.45) is -1.14. The number of carbonyl (C=O) groups excluding carboxylic acids is 1. The van der Waals surface area contributed by atoms with E-state index in [1.165, 1.54) is 0 Å². The lowest BCUT2D eigenvalue weighted by Crippen LogP contribution is -2.44. The molecule has 3 heterocycles. The number of carbonyl (C=O) groups is 1. The Balaban J connectivity index is 1.23. The minimum absolute atomic E-state index is 0.126. The molecule has 2 saturated heterocycles. The molecule has 3 aliphatic rings. The van der Waals surface area contributed by atoms with Gasteiger partial charge in [-0.1, -0.05) is 42.5 Å². The molecule has 0 aromatic heterocycles. The summed E-state index contributed by atoms with van der Waals surface area (Å²) in [5, 5.41) is 0. The van der Waals surface area contributed by atoms with Crippen molar-refractivity contribution >= 4 is 27.7 Å². The number of rotatable bonds is 2. The summed E-state index contributed by atoms with van der Waals surface area (Å²) in [4.78, 5) is 15.1. The molecule has 0 N–H and O–H groups in total. The van der Waals surface area contributed by atoms with E-state index >= 15 is 0 Å². The third-order valence-corrected chi connectivity index (χ3v) is 8.68. The molecule has 0 unspecified atom stereocenters. The second-order valence-corrected chi connectivity index (χ2v) is 10.4. The van der Waals surface area contributed by atoms with Crippen LogP contribution in [0.1, 0.15) is 5.56 Å². The first-order chi connectivity index (χ1) is 14.5. The fourth-order valence-corrected chi connectivity index (χ4v) is 7.39. The number of nitrogens with zero attached hydrogens (tertiary/aromatic N) is 1. The number of amides is 1. The average molecular weight is 448 g/mol. The number of ether oxygens (including phenoxy) is 3. The predicted octanol–water partition coefficient (Wildman–Crippen LogP) is 2.05. The standard InChI is InChI=1S/C21H21NO6S2/c23-20(26-12-15-6-2-1-3-7-15)22-10-16-17(11-22)28-21(27-16)13-29(24)18-8-4-5-9-19(18)30(25)14-21/h1-9,16-17H,10-14H2/t16-,17+,29-,30-/m1/s1. The molecular formula is C21H21NO6S2. The SMILES string of the molecule is O=C(OCc1ccccc1)N1C[C@@H]2OC3(C[S@@](=O)c4ccccc4[S@](=O)C3)O[C@@H]2C1. The normalized spacial score (nSPS) is 29.3. The maximum Gasteiger partial charge on any atom is 0.410 e. The second kappa shape index (κ2) is 7.88. The lowest BCUT2D eigenvalue weighted by atomic mass is 10.2. The van der Waals surface area contributed by atoms with Crippen LogP contribution in [-0.4, -0.2) is 62.0 Å². The third-order valence-electron chi connectivity index (χ3n) is 5.45. The lowest BCUT2D eigenvalue weighted by molar-refractivity contribution is -0.147. The van der Waals surface area contributed by atoms with Gasteiger partial charge in [0.15, 0.2) is 5.79 Å². The maximum atomic E-state index is 12.9. The summed E-state index contributed by atoms with van der Waals surface area (Å²) < 4.78 is 43.4. The van der Waals surface area contributed by atoms with Crippen molar-refractivity contribution in [3.63, 3.8) is 0 Å². The summed E-state index contributed by atoms with van der Waals surface area (Å²) in [5.74, 6) is -0.910. The highest BCUT2D eigenvalue weighted by atomic mass is 32.2. The van der Waals surface area contributed by atoms with E-state index in [1.807, 2.05) is 30.3 Å². The van der Waals surface area contributed by atoms with Crippen molar-refractivity contribution in [2.24, 2.45) is 0 Å². The third kappa shape index (κ3) is 3.71. The Bertz CT molecular complexity index is 961. The molecule has 0 bridgehead atoms. The van der Waals surface area contributed by atoms with Gasteiger partial charge in [0.2, 0.25) is 0 Å². The summed E-state index contributed by atoms with van der Waals surface area (Å²) >= 11 is 0. The van der Waals surface area contributed by atoms with Crippen LogP contribution in [0.25, 0.3) is 0 Å². The first-order valence-corrected chi connectivity index (χ1v) is 12.3. The smallest absolute Gasteiger partial charge is 0.410 e. The fraction of sp³-hybridized carbons (Fsp3) is 0.381. The Labute approximate surface area is 179 Å². The molecular weight excluding hydrogens is 426 g/mol. The number of hydrogen-bond donors (Lipinski definition) is 0. The van der Waals surface area contributed by atoms with Crippen LogP contribution in [0.5, 0.6) is 0 Å². The predicted molar refractivity (Wildman–Crippen MR) is 110 cm³/mol. The molecule has 0 radical (unpaired) electrons. The van der Waals surface area contributed by atoms with Crippen LogP contribution >= 0.6 is 0 Å². The van der Waals surface area contributed by atoms with Gasteiger partial charge in [0, 0.05) is 0 Å². The van der Waals surface area contributed by atoms with Crippen LogP contribution in [0.15, 0.2) is 64.4 Å². The van der Waals surface area contributed by atoms with E-state index in [1.54, 1.807) is 29.2 Å². The summed E-state index contributed by atoms with van der Waals surface area (Å²) in [6.45, 7) is 0.853. The number of fused-ring (bicyclic) bond motifs is 2. The molecule has 30 heavy (non-hydrogen) atoms. The van der Waals surface area contributed by atoms with Gasteiger partial charge >= 0.3 is 6.09 Å². The zero-order valence-corrected chi connectivity index (χ0v) is 17.7. The zero-order chi connectivity index (χ0) is 20.7. The van der Waals surface area contributed by atoms with Crippen molar-refractivity contribution in [1.29, 1.82) is 0 Å². The molecule has 9 heteroatoms. The van der Waals surface area contributed by atoms with Gasteiger partial charge in [-0.05, 0) is 17.7 Å². The molecule has 3 aliphatic heterocycles. The molecule has 7 nitrogen and oxygen atoms in total. The average Bonchev–Trinajstić information content (AvgIpc) is 3.25. The first kappa shape index (κ1) is 19.9. The van der Waals surface area contributed by atoms with Gasteiger partial charge in [-0.25, -0.2) is 4.79 Å². The van der Waals surface area contributed by atoms with E-state index in [-0.39, 0.29) is 30.3 Å². The molecule has 0 saturated carbocycles. The van der Waals surface area contributed by atoms with Crippen molar-refractivity contribution in [1.82, 2.24) is 4.90 Å². The zero-order valence-electron chi connectivity index (χ0n) is 16.1. The number of benzene rings is 2. The van der Waals surface area contributed by atoms with Crippen molar-refractivity contribution in [2.75, 3.05) is 24.6 Å². The van der Waals surface area contributed by atoms with E-state index in [9.17, 15) is 13.2 Å². The molecule has 1 spiro atoms. The fourth-order valence-electron chi connectivity index (χ4n) is 4.07. The summed E-state index contributed by atoms with van der Waals surface area (Å²) in [5.41, 5.74) is 0.916. The molecule has 2 aromatic carbocycles. The van der Waals surface area contributed by atoms with Crippen LogP contribution in [0.4, 0.5) is 4.79 Å². The van der Waals surface area contributed by atoms with Crippen LogP contribution in [0.3, 0.4) is 0 Å². The van der Waals surface area contributed by atoms with E-state index in [2.05, 4.69) is 0 Å². The lowest BCUT2D eigenvalue weighted by Gasteiger charge is -2.27. The van der Waals surface area contributed by atoms with E-state index in [4.69, 9.17) is 14.2 Å². The van der Waals surface area contributed by atoms with Crippen LogP contribution in [0, 0.1) is 0 Å². The van der Waals surface area contributed by atoms with Crippen molar-refractivity contribution in [3.8, 4) is 0 Å². The number of hydrogen-bond acceptors (Lipinski definition) is 6. The Kier molecular flexibility index (Phi) is 5.22. The van der Waals surface area contributed by atoms with Crippen molar-refractivity contribution < 1.29 is 27.4 Å². The van der Waals surface area contributed by atoms with Crippen molar-refractivity contribution in [2.45, 2.75) is 34.4 Å². The minimum atomic E-state index is -1.38. The Hall–Kier alpha value is -2.07. The highest BCUT2D eigenvalue weighted by molar-refractivity contribution is 7.89. The topological polar surface area (TPSA) is 82.1 Å². The minimum Gasteiger partial charge on any atom is -0.445 e. The van der Waals surface area contributed by atoms with Crippen LogP contribution in [-0.2, 0) is 42.4 Å². The quantitative estimate of drug-likeness (QED) is 0.701. The van der Waals surface area contributed by atoms with Gasteiger partial charge in [0.05, 0.1) is 56.0 Å². The van der Waals surface area contributed by atoms with Gasteiger partial charge in [0.1, 0.15) is 18.8 Å². The molecule has 158 valence electrons. The molecule has 4 atom stereocenters. The number of likely N-dealkylation sites (tertiary alicyclic amines) is 1. The van der Waals surface area contributed by atoms with Gasteiger partial charge in [0.25, 0.3) is 0 Å². The molecule has 2 aromatic rings. The van der Waals surface area contributed by atoms with Gasteiger partial charge < -0.3 is 19.1 Å². The van der Waals surface area contributed by atoms with Crippen LogP contribution < -0.4 is 0 Å². The van der Waals surface area contributed by atoms with Crippen molar-refractivity contribution in [3.05, 3.63) is 60.2 Å². The maximum absolute atomic E-state index is 12.9. The summed E-state index contributed by atoms with van der Waals surface area (Å²) in [6, 6.07) is 16.5. The van der Waals surface area contributed by atoms with Gasteiger partial charge in [-0.2, -0.15) is 0 Å². The highest BCUT2D eigenvalue weighted by Gasteiger charge is 2.55. The second-order valence-electron chi connectivity index (χ2n) is 7.59. The van der Waals surface area contributed by atoms with Crippen LogP contribution in [0.2, 0.25) is 0 Å². The highest BCUT2D eigenvalue weighted by Crippen LogP contribution is 2.39. The van der Waals surface area contributed by atoms with Gasteiger partial charge in [-0.3, -0.25) is 8.42 Å². The Morgan fingerprint density at radius 1 is 0.933 bits per heavy atom. The Morgan fingerprint density at radius 3 is 2.03 bits per heavy atom. The Morgan fingerprint density at radius 2 is 1.47 bits per heavy atom. The van der Waals surface area contributed by atoms with E-state index in [0.717, 1.165) is 5.56 Å². The van der Waals surface area contributed by atoms with E-state index < -0.39 is 33.5 Å². The summed E-state index contributed by atoms with van der Waals surface area (Å²) in [7, 11) is -2.76. The first-order valence-electron chi connectivity index (χ1n) is 9.70. The monoisotopic (exact) mass is 447 g/mol. The van der Waals surface area contributed by atoms with Gasteiger partial charge in [-0.15, -0.1) is 0 Å². The van der Waals surface area contributed by atoms with E-state index in [0.29, 0.717) is 22.9 Å². The largest absolute Gasteiger partial charge is 0.445 e.